The van der Waals surface area contributed by atoms with E-state index in [1.807, 2.05) is 54.7 Å². The quantitative estimate of drug-likeness (QED) is 0.245. The number of rotatable bonds is 4. The van der Waals surface area contributed by atoms with Gasteiger partial charge in [0.2, 0.25) is 0 Å². The van der Waals surface area contributed by atoms with E-state index in [-0.39, 0.29) is 0 Å². The van der Waals surface area contributed by atoms with Gasteiger partial charge in [-0.25, -0.2) is 4.98 Å². The predicted molar refractivity (Wildman–Crippen MR) is 157 cm³/mol. The predicted octanol–water partition coefficient (Wildman–Crippen LogP) is 8.42. The van der Waals surface area contributed by atoms with Crippen LogP contribution in [0.4, 0.5) is 0 Å². The van der Waals surface area contributed by atoms with Gasteiger partial charge in [-0.1, -0.05) is 72.8 Å². The first-order chi connectivity index (χ1) is 19.3. The minimum Gasteiger partial charge on any atom is -0.300 e. The van der Waals surface area contributed by atoms with Crippen LogP contribution >= 0.6 is 0 Å². The average Bonchev–Trinajstić information content (AvgIpc) is 3.40. The minimum absolute atomic E-state index is 0.665. The van der Waals surface area contributed by atoms with Crippen molar-refractivity contribution in [2.24, 2.45) is 0 Å². The molecule has 0 fully saturated rings. The van der Waals surface area contributed by atoms with Crippen molar-refractivity contribution >= 4 is 16.7 Å². The van der Waals surface area contributed by atoms with Crippen LogP contribution in [0.5, 0.6) is 0 Å². The Bertz CT molecular complexity index is 1980. The van der Waals surface area contributed by atoms with Crippen LogP contribution in [-0.2, 0) is 0 Å². The van der Waals surface area contributed by atoms with Crippen LogP contribution in [0, 0.1) is 11.3 Å². The molecule has 0 unspecified atom stereocenters. The largest absolute Gasteiger partial charge is 0.300 e. The van der Waals surface area contributed by atoms with E-state index in [2.05, 4.69) is 88.4 Å². The van der Waals surface area contributed by atoms with Gasteiger partial charge < -0.3 is 0 Å². The molecule has 0 radical (unpaired) electrons. The maximum absolute atomic E-state index is 9.10. The maximum atomic E-state index is 9.10. The SMILES string of the molecule is N#Cc1ccc(-c2ccc(-c3cc(-c4ccc(-c5cccnc5)cc4)c4nc5ccccn5c4c3)cc2)cc1. The molecule has 4 nitrogen and oxygen atoms in total. The summed E-state index contributed by atoms with van der Waals surface area (Å²) >= 11 is 0. The Morgan fingerprint density at radius 2 is 1.23 bits per heavy atom. The normalized spacial score (nSPS) is 11.1. The molecule has 4 aromatic carbocycles. The van der Waals surface area contributed by atoms with E-state index in [4.69, 9.17) is 10.2 Å². The lowest BCUT2D eigenvalue weighted by Gasteiger charge is -2.10. The van der Waals surface area contributed by atoms with Gasteiger partial charge in [0.1, 0.15) is 5.65 Å². The summed E-state index contributed by atoms with van der Waals surface area (Å²) in [6.07, 6.45) is 5.75. The van der Waals surface area contributed by atoms with Crippen LogP contribution in [0.25, 0.3) is 61.2 Å². The lowest BCUT2D eigenvalue weighted by Crippen LogP contribution is -1.88. The summed E-state index contributed by atoms with van der Waals surface area (Å²) < 4.78 is 2.15. The smallest absolute Gasteiger partial charge is 0.137 e. The highest BCUT2D eigenvalue weighted by atomic mass is 15.0. The molecule has 182 valence electrons. The molecule has 3 heterocycles. The van der Waals surface area contributed by atoms with E-state index >= 15 is 0 Å². The number of imidazole rings is 1. The molecule has 0 amide bonds. The van der Waals surface area contributed by atoms with Crippen molar-refractivity contribution < 1.29 is 0 Å². The third kappa shape index (κ3) is 4.13. The molecule has 0 atom stereocenters. The number of nitrogens with zero attached hydrogens (tertiary/aromatic N) is 4. The van der Waals surface area contributed by atoms with Gasteiger partial charge in [0, 0.05) is 24.2 Å². The second-order valence-electron chi connectivity index (χ2n) is 9.52. The fraction of sp³-hybridized carbons (Fsp3) is 0. The lowest BCUT2D eigenvalue weighted by molar-refractivity contribution is 1.23. The molecular formula is C35H22N4. The maximum Gasteiger partial charge on any atom is 0.137 e. The van der Waals surface area contributed by atoms with Gasteiger partial charge in [0.25, 0.3) is 0 Å². The average molecular weight is 499 g/mol. The summed E-state index contributed by atoms with van der Waals surface area (Å²) in [4.78, 5) is 9.26. The lowest BCUT2D eigenvalue weighted by atomic mass is 9.95. The number of aromatic nitrogens is 3. The van der Waals surface area contributed by atoms with Crippen LogP contribution in [0.3, 0.4) is 0 Å². The van der Waals surface area contributed by atoms with Gasteiger partial charge in [-0.2, -0.15) is 5.26 Å². The molecule has 0 saturated carbocycles. The zero-order valence-corrected chi connectivity index (χ0v) is 21.0. The third-order valence-corrected chi connectivity index (χ3v) is 7.17. The Hall–Kier alpha value is -5.53. The molecule has 7 rings (SSSR count). The number of fused-ring (bicyclic) bond motifs is 3. The van der Waals surface area contributed by atoms with Crippen molar-refractivity contribution in [3.63, 3.8) is 0 Å². The van der Waals surface area contributed by atoms with Gasteiger partial charge >= 0.3 is 0 Å². The van der Waals surface area contributed by atoms with E-state index in [9.17, 15) is 0 Å². The van der Waals surface area contributed by atoms with Crippen molar-refractivity contribution in [3.8, 4) is 50.6 Å². The van der Waals surface area contributed by atoms with Crippen molar-refractivity contribution in [2.45, 2.75) is 0 Å². The zero-order valence-electron chi connectivity index (χ0n) is 21.0. The summed E-state index contributed by atoms with van der Waals surface area (Å²) in [5.41, 5.74) is 12.6. The molecular weight excluding hydrogens is 476 g/mol. The number of hydrogen-bond acceptors (Lipinski definition) is 3. The second-order valence-corrected chi connectivity index (χ2v) is 9.52. The molecule has 0 bridgehead atoms. The summed E-state index contributed by atoms with van der Waals surface area (Å²) in [5, 5.41) is 9.10. The molecule has 39 heavy (non-hydrogen) atoms. The van der Waals surface area contributed by atoms with Crippen LogP contribution in [0.1, 0.15) is 5.56 Å². The van der Waals surface area contributed by atoms with Crippen molar-refractivity contribution in [2.75, 3.05) is 0 Å². The van der Waals surface area contributed by atoms with Crippen molar-refractivity contribution in [1.82, 2.24) is 14.4 Å². The monoisotopic (exact) mass is 498 g/mol. The topological polar surface area (TPSA) is 54.0 Å². The molecule has 0 saturated heterocycles. The molecule has 0 aliphatic carbocycles. The summed E-state index contributed by atoms with van der Waals surface area (Å²) in [6.45, 7) is 0. The van der Waals surface area contributed by atoms with Gasteiger partial charge in [-0.15, -0.1) is 0 Å². The van der Waals surface area contributed by atoms with Gasteiger partial charge in [-0.05, 0) is 81.4 Å². The molecule has 0 spiro atoms. The molecule has 7 aromatic rings. The fourth-order valence-electron chi connectivity index (χ4n) is 5.12. The van der Waals surface area contributed by atoms with Gasteiger partial charge in [0.15, 0.2) is 0 Å². The Balaban J connectivity index is 1.34. The van der Waals surface area contributed by atoms with E-state index in [0.29, 0.717) is 5.56 Å². The first kappa shape index (κ1) is 22.7. The Labute approximate surface area is 226 Å². The molecule has 3 aromatic heterocycles. The fourth-order valence-corrected chi connectivity index (χ4v) is 5.12. The first-order valence-corrected chi connectivity index (χ1v) is 12.8. The highest BCUT2D eigenvalue weighted by Crippen LogP contribution is 2.36. The molecule has 0 aliphatic rings. The first-order valence-electron chi connectivity index (χ1n) is 12.8. The summed E-state index contributed by atoms with van der Waals surface area (Å²) in [7, 11) is 0. The number of pyridine rings is 2. The number of hydrogen-bond donors (Lipinski definition) is 0. The van der Waals surface area contributed by atoms with Crippen LogP contribution in [0.2, 0.25) is 0 Å². The standard InChI is InChI=1S/C35H22N4/c36-22-24-6-8-25(9-7-24)26-10-12-28(13-11-26)31-20-32(35-33(21-31)39-19-2-1-5-34(39)38-35)29-16-14-27(15-17-29)30-4-3-18-37-23-30/h1-21,23H. The van der Waals surface area contributed by atoms with Crippen LogP contribution in [0.15, 0.2) is 134 Å². The van der Waals surface area contributed by atoms with Gasteiger partial charge in [-0.3, -0.25) is 9.38 Å². The molecule has 0 N–H and O–H groups in total. The summed E-state index contributed by atoms with van der Waals surface area (Å²) in [5.74, 6) is 0. The van der Waals surface area contributed by atoms with E-state index in [1.165, 1.54) is 0 Å². The Morgan fingerprint density at radius 3 is 1.90 bits per heavy atom. The number of nitriles is 1. The van der Waals surface area contributed by atoms with Crippen molar-refractivity contribution in [3.05, 3.63) is 139 Å². The zero-order chi connectivity index (χ0) is 26.2. The third-order valence-electron chi connectivity index (χ3n) is 7.17. The highest BCUT2D eigenvalue weighted by Gasteiger charge is 2.14. The van der Waals surface area contributed by atoms with Crippen molar-refractivity contribution in [1.29, 1.82) is 5.26 Å². The van der Waals surface area contributed by atoms with Crippen LogP contribution < -0.4 is 0 Å². The highest BCUT2D eigenvalue weighted by molar-refractivity contribution is 5.98. The van der Waals surface area contributed by atoms with Gasteiger partial charge in [0.05, 0.1) is 22.7 Å². The van der Waals surface area contributed by atoms with E-state index in [1.54, 1.807) is 6.20 Å². The van der Waals surface area contributed by atoms with Crippen LogP contribution in [-0.4, -0.2) is 14.4 Å². The molecule has 0 aliphatic heterocycles. The Morgan fingerprint density at radius 1 is 0.590 bits per heavy atom. The second kappa shape index (κ2) is 9.41. The number of benzene rings is 4. The molecule has 4 heteroatoms. The minimum atomic E-state index is 0.665. The van der Waals surface area contributed by atoms with E-state index in [0.717, 1.165) is 61.2 Å². The summed E-state index contributed by atoms with van der Waals surface area (Å²) in [6, 6.07) is 41.7. The Kier molecular flexibility index (Phi) is 5.46. The van der Waals surface area contributed by atoms with E-state index < -0.39 is 0 Å².